The van der Waals surface area contributed by atoms with Crippen molar-refractivity contribution >= 4 is 28.5 Å². The number of ether oxygens (including phenoxy) is 1. The number of hydrogen-bond donors (Lipinski definition) is 2. The highest BCUT2D eigenvalue weighted by molar-refractivity contribution is 5.98. The Bertz CT molecular complexity index is 1610. The Balaban J connectivity index is 1.52. The van der Waals surface area contributed by atoms with Crippen molar-refractivity contribution in [3.8, 4) is 5.69 Å². The largest absolute Gasteiger partial charge is 0.449 e. The number of amides is 1. The van der Waals surface area contributed by atoms with Gasteiger partial charge in [-0.2, -0.15) is 0 Å². The second kappa shape index (κ2) is 9.85. The molecule has 1 aromatic heterocycles. The number of rotatable bonds is 5. The van der Waals surface area contributed by atoms with Gasteiger partial charge in [-0.25, -0.2) is 18.5 Å². The number of aromatic amines is 1. The second-order valence-corrected chi connectivity index (χ2v) is 9.65. The van der Waals surface area contributed by atoms with Gasteiger partial charge < -0.3 is 15.0 Å². The molecule has 0 fully saturated rings. The molecular weight excluding hydrogens is 477 g/mol. The number of H-pyrrole nitrogens is 1. The molecule has 190 valence electrons. The molecule has 0 saturated heterocycles. The van der Waals surface area contributed by atoms with Crippen LogP contribution < -0.4 is 16.6 Å². The number of esters is 1. The molecule has 0 radical (unpaired) electrons. The molecule has 3 aromatic carbocycles. The summed E-state index contributed by atoms with van der Waals surface area (Å²) in [7, 11) is 0. The number of aromatic nitrogens is 2. The zero-order valence-electron chi connectivity index (χ0n) is 20.8. The first-order valence-electron chi connectivity index (χ1n) is 11.6. The van der Waals surface area contributed by atoms with E-state index in [2.05, 4.69) is 31.1 Å². The minimum atomic E-state index is -1.11. The van der Waals surface area contributed by atoms with Crippen molar-refractivity contribution in [1.29, 1.82) is 0 Å². The number of carbonyl (C=O) groups excluding carboxylic acids is 2. The van der Waals surface area contributed by atoms with Crippen LogP contribution in [0.4, 0.5) is 10.1 Å². The predicted molar refractivity (Wildman–Crippen MR) is 139 cm³/mol. The molecule has 1 unspecified atom stereocenters. The number of fused-ring (bicyclic) bond motifs is 1. The molecular formula is C28H26FN3O5. The second-order valence-electron chi connectivity index (χ2n) is 9.65. The number of hydrogen-bond acceptors (Lipinski definition) is 5. The third-order valence-corrected chi connectivity index (χ3v) is 5.90. The monoisotopic (exact) mass is 503 g/mol. The first-order valence-corrected chi connectivity index (χ1v) is 11.6. The maximum atomic E-state index is 14.2. The average Bonchev–Trinajstić information content (AvgIpc) is 2.84. The summed E-state index contributed by atoms with van der Waals surface area (Å²) in [6.45, 7) is 7.70. The Morgan fingerprint density at radius 3 is 2.32 bits per heavy atom. The number of benzene rings is 3. The molecule has 1 heterocycles. The quantitative estimate of drug-likeness (QED) is 0.395. The molecule has 2 N–H and O–H groups in total. The third-order valence-electron chi connectivity index (χ3n) is 5.90. The smallest absolute Gasteiger partial charge is 0.338 e. The van der Waals surface area contributed by atoms with E-state index >= 15 is 0 Å². The van der Waals surface area contributed by atoms with E-state index < -0.39 is 35.0 Å². The number of nitrogens with one attached hydrogen (secondary N) is 2. The molecule has 0 bridgehead atoms. The van der Waals surface area contributed by atoms with Crippen LogP contribution in [0.15, 0.2) is 76.3 Å². The van der Waals surface area contributed by atoms with Crippen LogP contribution in [0.5, 0.6) is 0 Å². The summed E-state index contributed by atoms with van der Waals surface area (Å²) >= 11 is 0. The Morgan fingerprint density at radius 2 is 1.68 bits per heavy atom. The number of nitrogens with zero attached hydrogens (tertiary/aromatic N) is 1. The van der Waals surface area contributed by atoms with Gasteiger partial charge in [-0.15, -0.1) is 0 Å². The van der Waals surface area contributed by atoms with Crippen LogP contribution in [0.25, 0.3) is 16.6 Å². The van der Waals surface area contributed by atoms with E-state index in [1.807, 2.05) is 12.1 Å². The van der Waals surface area contributed by atoms with Crippen molar-refractivity contribution in [3.05, 3.63) is 105 Å². The summed E-state index contributed by atoms with van der Waals surface area (Å²) in [4.78, 5) is 53.2. The molecule has 1 atom stereocenters. The Kier molecular flexibility index (Phi) is 6.80. The minimum absolute atomic E-state index is 0.0274. The lowest BCUT2D eigenvalue weighted by atomic mass is 9.87. The Labute approximate surface area is 211 Å². The van der Waals surface area contributed by atoms with Gasteiger partial charge in [0.25, 0.3) is 11.5 Å². The third kappa shape index (κ3) is 5.35. The van der Waals surface area contributed by atoms with E-state index in [4.69, 9.17) is 4.74 Å². The van der Waals surface area contributed by atoms with E-state index in [0.29, 0.717) is 10.3 Å². The number of anilines is 1. The van der Waals surface area contributed by atoms with Gasteiger partial charge in [-0.05, 0) is 60.4 Å². The van der Waals surface area contributed by atoms with E-state index in [0.717, 1.165) is 11.6 Å². The van der Waals surface area contributed by atoms with E-state index in [1.54, 1.807) is 12.1 Å². The summed E-state index contributed by atoms with van der Waals surface area (Å²) in [6.07, 6.45) is -1.11. The van der Waals surface area contributed by atoms with Crippen LogP contribution in [0.3, 0.4) is 0 Å². The van der Waals surface area contributed by atoms with Gasteiger partial charge in [-0.3, -0.25) is 9.59 Å². The fourth-order valence-electron chi connectivity index (χ4n) is 3.78. The number of para-hydroxylation sites is 1. The minimum Gasteiger partial charge on any atom is -0.449 e. The van der Waals surface area contributed by atoms with Crippen molar-refractivity contribution in [3.63, 3.8) is 0 Å². The van der Waals surface area contributed by atoms with Gasteiger partial charge in [0, 0.05) is 5.69 Å². The molecule has 0 aliphatic rings. The summed E-state index contributed by atoms with van der Waals surface area (Å²) in [6, 6.07) is 16.8. The van der Waals surface area contributed by atoms with Gasteiger partial charge in [-0.1, -0.05) is 45.0 Å². The molecule has 8 nitrogen and oxygen atoms in total. The molecule has 0 saturated carbocycles. The topological polar surface area (TPSA) is 110 Å². The van der Waals surface area contributed by atoms with Crippen LogP contribution >= 0.6 is 0 Å². The zero-order valence-corrected chi connectivity index (χ0v) is 20.8. The van der Waals surface area contributed by atoms with Crippen molar-refractivity contribution in [1.82, 2.24) is 9.55 Å². The highest BCUT2D eigenvalue weighted by Crippen LogP contribution is 2.23. The SMILES string of the molecule is CC(OC(=O)c1ccc2c(=O)n(-c3ccccc3F)c(=O)[nH]c2c1)C(=O)Nc1ccc(C(C)(C)C)cc1. The van der Waals surface area contributed by atoms with E-state index in [1.165, 1.54) is 43.3 Å². The highest BCUT2D eigenvalue weighted by Gasteiger charge is 2.21. The number of halogens is 1. The van der Waals surface area contributed by atoms with Crippen molar-refractivity contribution in [2.75, 3.05) is 5.32 Å². The fraction of sp³-hybridized carbons (Fsp3) is 0.214. The zero-order chi connectivity index (χ0) is 26.9. The van der Waals surface area contributed by atoms with Crippen molar-refractivity contribution in [2.45, 2.75) is 39.2 Å². The lowest BCUT2D eigenvalue weighted by molar-refractivity contribution is -0.123. The number of carbonyl (C=O) groups is 2. The van der Waals surface area contributed by atoms with Crippen LogP contribution in [0.2, 0.25) is 0 Å². The van der Waals surface area contributed by atoms with Crippen LogP contribution in [0.1, 0.15) is 43.6 Å². The normalized spacial score (nSPS) is 12.2. The van der Waals surface area contributed by atoms with Crippen LogP contribution in [-0.4, -0.2) is 27.5 Å². The van der Waals surface area contributed by atoms with Crippen LogP contribution in [-0.2, 0) is 14.9 Å². The molecule has 0 spiro atoms. The lowest BCUT2D eigenvalue weighted by Crippen LogP contribution is -2.34. The summed E-state index contributed by atoms with van der Waals surface area (Å²) < 4.78 is 20.2. The first-order chi connectivity index (χ1) is 17.5. The highest BCUT2D eigenvalue weighted by atomic mass is 19.1. The van der Waals surface area contributed by atoms with Gasteiger partial charge in [0.2, 0.25) is 0 Å². The molecule has 1 amide bonds. The fourth-order valence-corrected chi connectivity index (χ4v) is 3.78. The molecule has 0 aliphatic carbocycles. The summed E-state index contributed by atoms with van der Waals surface area (Å²) in [5, 5.41) is 2.78. The maximum absolute atomic E-state index is 14.2. The Hall–Kier alpha value is -4.53. The first kappa shape index (κ1) is 25.6. The predicted octanol–water partition coefficient (Wildman–Crippen LogP) is 4.30. The van der Waals surface area contributed by atoms with Gasteiger partial charge in [0.1, 0.15) is 5.82 Å². The van der Waals surface area contributed by atoms with E-state index in [-0.39, 0.29) is 27.6 Å². The van der Waals surface area contributed by atoms with Gasteiger partial charge in [0.15, 0.2) is 6.10 Å². The summed E-state index contributed by atoms with van der Waals surface area (Å²) in [5.41, 5.74) is -0.0385. The maximum Gasteiger partial charge on any atom is 0.338 e. The van der Waals surface area contributed by atoms with Crippen molar-refractivity contribution in [2.24, 2.45) is 0 Å². The lowest BCUT2D eigenvalue weighted by Gasteiger charge is -2.19. The molecule has 0 aliphatic heterocycles. The average molecular weight is 504 g/mol. The Morgan fingerprint density at radius 1 is 1.00 bits per heavy atom. The molecule has 9 heteroatoms. The summed E-state index contributed by atoms with van der Waals surface area (Å²) in [5.74, 6) is -2.06. The standard InChI is InChI=1S/C28H26FN3O5/c1-16(24(33)30-19-12-10-18(11-13-19)28(2,3)4)37-26(35)17-9-14-20-22(15-17)31-27(36)32(25(20)34)23-8-6-5-7-21(23)29/h5-16H,1-4H3,(H,30,33)(H,31,36). The van der Waals surface area contributed by atoms with Crippen LogP contribution in [0, 0.1) is 5.82 Å². The molecule has 37 heavy (non-hydrogen) atoms. The molecule has 4 aromatic rings. The molecule has 4 rings (SSSR count). The van der Waals surface area contributed by atoms with Gasteiger partial charge in [0.05, 0.1) is 22.2 Å². The van der Waals surface area contributed by atoms with E-state index in [9.17, 15) is 23.6 Å². The van der Waals surface area contributed by atoms with Crippen molar-refractivity contribution < 1.29 is 18.7 Å². The van der Waals surface area contributed by atoms with Gasteiger partial charge >= 0.3 is 11.7 Å².